The van der Waals surface area contributed by atoms with Crippen LogP contribution in [0, 0.1) is 0 Å². The Kier molecular flexibility index (Phi) is 5.34. The SMILES string of the molecule is O=C(c1c(-c2ccccc2)cc[nH]c1=O)N(Cc1ccccc1)c1ccccc1. The van der Waals surface area contributed by atoms with E-state index in [1.165, 1.54) is 0 Å². The average molecular weight is 380 g/mol. The first-order chi connectivity index (χ1) is 14.2. The van der Waals surface area contributed by atoms with Crippen LogP contribution >= 0.6 is 0 Å². The van der Waals surface area contributed by atoms with Crippen LogP contribution in [0.2, 0.25) is 0 Å². The van der Waals surface area contributed by atoms with Crippen LogP contribution in [0.5, 0.6) is 0 Å². The molecule has 4 heteroatoms. The summed E-state index contributed by atoms with van der Waals surface area (Å²) in [6, 6.07) is 30.4. The third kappa shape index (κ3) is 4.01. The average Bonchev–Trinajstić information content (AvgIpc) is 2.79. The zero-order chi connectivity index (χ0) is 20.1. The van der Waals surface area contributed by atoms with Gasteiger partial charge in [0.05, 0.1) is 6.54 Å². The van der Waals surface area contributed by atoms with Crippen LogP contribution in [0.15, 0.2) is 108 Å². The molecule has 0 aliphatic carbocycles. The Labute approximate surface area is 169 Å². The molecule has 0 atom stereocenters. The predicted molar refractivity (Wildman–Crippen MR) is 116 cm³/mol. The molecule has 0 bridgehead atoms. The molecule has 3 aromatic carbocycles. The number of pyridine rings is 1. The number of aromatic nitrogens is 1. The molecule has 0 unspecified atom stereocenters. The fourth-order valence-electron chi connectivity index (χ4n) is 3.34. The number of carbonyl (C=O) groups is 1. The van der Waals surface area contributed by atoms with E-state index in [4.69, 9.17) is 0 Å². The first-order valence-electron chi connectivity index (χ1n) is 9.42. The Morgan fingerprint density at radius 2 is 1.34 bits per heavy atom. The summed E-state index contributed by atoms with van der Waals surface area (Å²) in [5.74, 6) is -0.333. The number of carbonyl (C=O) groups excluding carboxylic acids is 1. The fraction of sp³-hybridized carbons (Fsp3) is 0.0400. The highest BCUT2D eigenvalue weighted by Gasteiger charge is 2.24. The first kappa shape index (κ1) is 18.4. The molecule has 4 aromatic rings. The van der Waals surface area contributed by atoms with Gasteiger partial charge in [-0.3, -0.25) is 9.59 Å². The van der Waals surface area contributed by atoms with Gasteiger partial charge in [0.1, 0.15) is 5.56 Å². The van der Waals surface area contributed by atoms with E-state index in [1.54, 1.807) is 17.2 Å². The summed E-state index contributed by atoms with van der Waals surface area (Å²) in [7, 11) is 0. The number of aromatic amines is 1. The van der Waals surface area contributed by atoms with E-state index >= 15 is 0 Å². The van der Waals surface area contributed by atoms with Crippen molar-refractivity contribution in [3.8, 4) is 11.1 Å². The molecule has 0 fully saturated rings. The second-order valence-electron chi connectivity index (χ2n) is 6.67. The smallest absolute Gasteiger partial charge is 0.264 e. The lowest BCUT2D eigenvalue weighted by molar-refractivity contribution is 0.0984. The van der Waals surface area contributed by atoms with E-state index in [0.717, 1.165) is 16.8 Å². The number of rotatable bonds is 5. The zero-order valence-corrected chi connectivity index (χ0v) is 15.8. The summed E-state index contributed by atoms with van der Waals surface area (Å²) >= 11 is 0. The van der Waals surface area contributed by atoms with Gasteiger partial charge in [0, 0.05) is 17.4 Å². The van der Waals surface area contributed by atoms with E-state index < -0.39 is 5.56 Å². The predicted octanol–water partition coefficient (Wildman–Crippen LogP) is 4.89. The molecule has 4 rings (SSSR count). The van der Waals surface area contributed by atoms with Crippen molar-refractivity contribution in [2.75, 3.05) is 4.90 Å². The third-order valence-electron chi connectivity index (χ3n) is 4.76. The number of benzene rings is 3. The molecule has 142 valence electrons. The lowest BCUT2D eigenvalue weighted by Crippen LogP contribution is -2.35. The van der Waals surface area contributed by atoms with Crippen molar-refractivity contribution in [2.24, 2.45) is 0 Å². The molecule has 4 nitrogen and oxygen atoms in total. The molecule has 0 saturated heterocycles. The highest BCUT2D eigenvalue weighted by atomic mass is 16.2. The molecule has 0 spiro atoms. The maximum absolute atomic E-state index is 13.7. The Bertz CT molecular complexity index is 1150. The molecular weight excluding hydrogens is 360 g/mol. The van der Waals surface area contributed by atoms with Gasteiger partial charge in [0.2, 0.25) is 0 Å². The van der Waals surface area contributed by atoms with Crippen LogP contribution < -0.4 is 10.5 Å². The Morgan fingerprint density at radius 3 is 2.00 bits per heavy atom. The highest BCUT2D eigenvalue weighted by molar-refractivity contribution is 6.09. The summed E-state index contributed by atoms with van der Waals surface area (Å²) in [5, 5.41) is 0. The number of nitrogens with one attached hydrogen (secondary N) is 1. The van der Waals surface area contributed by atoms with Gasteiger partial charge in [0.25, 0.3) is 11.5 Å². The van der Waals surface area contributed by atoms with Crippen molar-refractivity contribution >= 4 is 11.6 Å². The van der Waals surface area contributed by atoms with Gasteiger partial charge >= 0.3 is 0 Å². The molecule has 0 aliphatic rings. The number of hydrogen-bond acceptors (Lipinski definition) is 2. The standard InChI is InChI=1S/C25H20N2O2/c28-24-23(22(16-17-26-24)20-12-6-2-7-13-20)25(29)27(21-14-8-3-9-15-21)18-19-10-4-1-5-11-19/h1-17H,18H2,(H,26,28). The summed E-state index contributed by atoms with van der Waals surface area (Å²) in [5.41, 5.74) is 2.91. The van der Waals surface area contributed by atoms with Crippen molar-refractivity contribution in [3.05, 3.63) is 125 Å². The Morgan fingerprint density at radius 1 is 0.759 bits per heavy atom. The minimum Gasteiger partial charge on any atom is -0.328 e. The number of hydrogen-bond donors (Lipinski definition) is 1. The minimum absolute atomic E-state index is 0.137. The first-order valence-corrected chi connectivity index (χ1v) is 9.42. The number of anilines is 1. The van der Waals surface area contributed by atoms with E-state index in [0.29, 0.717) is 12.1 Å². The van der Waals surface area contributed by atoms with Crippen LogP contribution in [0.3, 0.4) is 0 Å². The van der Waals surface area contributed by atoms with E-state index in [1.807, 2.05) is 91.0 Å². The van der Waals surface area contributed by atoms with Crippen LogP contribution in [0.4, 0.5) is 5.69 Å². The number of nitrogens with zero attached hydrogens (tertiary/aromatic N) is 1. The van der Waals surface area contributed by atoms with E-state index in [2.05, 4.69) is 4.98 Å². The maximum atomic E-state index is 13.7. The quantitative estimate of drug-likeness (QED) is 0.536. The van der Waals surface area contributed by atoms with Crippen molar-refractivity contribution in [3.63, 3.8) is 0 Å². The van der Waals surface area contributed by atoms with Crippen molar-refractivity contribution in [1.82, 2.24) is 4.98 Å². The lowest BCUT2D eigenvalue weighted by Gasteiger charge is -2.24. The van der Waals surface area contributed by atoms with Crippen LogP contribution in [0.1, 0.15) is 15.9 Å². The monoisotopic (exact) mass is 380 g/mol. The normalized spacial score (nSPS) is 10.5. The van der Waals surface area contributed by atoms with Gasteiger partial charge in [0.15, 0.2) is 0 Å². The molecular formula is C25H20N2O2. The largest absolute Gasteiger partial charge is 0.328 e. The van der Waals surface area contributed by atoms with Crippen molar-refractivity contribution < 1.29 is 4.79 Å². The van der Waals surface area contributed by atoms with Crippen LogP contribution in [0.25, 0.3) is 11.1 Å². The molecule has 1 heterocycles. The third-order valence-corrected chi connectivity index (χ3v) is 4.76. The number of para-hydroxylation sites is 1. The second-order valence-corrected chi connectivity index (χ2v) is 6.67. The second kappa shape index (κ2) is 8.40. The summed E-state index contributed by atoms with van der Waals surface area (Å²) < 4.78 is 0. The van der Waals surface area contributed by atoms with Crippen molar-refractivity contribution in [1.29, 1.82) is 0 Å². The molecule has 1 N–H and O–H groups in total. The molecule has 0 aliphatic heterocycles. The molecule has 0 radical (unpaired) electrons. The van der Waals surface area contributed by atoms with Gasteiger partial charge in [-0.25, -0.2) is 0 Å². The summed E-state index contributed by atoms with van der Waals surface area (Å²) in [6.45, 7) is 0.367. The highest BCUT2D eigenvalue weighted by Crippen LogP contribution is 2.25. The lowest BCUT2D eigenvalue weighted by atomic mass is 10.00. The van der Waals surface area contributed by atoms with Gasteiger partial charge in [-0.05, 0) is 29.3 Å². The van der Waals surface area contributed by atoms with Gasteiger partial charge in [-0.15, -0.1) is 0 Å². The Hall–Kier alpha value is -3.92. The zero-order valence-electron chi connectivity index (χ0n) is 15.8. The van der Waals surface area contributed by atoms with Gasteiger partial charge in [-0.2, -0.15) is 0 Å². The van der Waals surface area contributed by atoms with Crippen LogP contribution in [-0.2, 0) is 6.54 Å². The van der Waals surface area contributed by atoms with Crippen molar-refractivity contribution in [2.45, 2.75) is 6.54 Å². The fourth-order valence-corrected chi connectivity index (χ4v) is 3.34. The molecule has 1 aromatic heterocycles. The maximum Gasteiger partial charge on any atom is 0.264 e. The van der Waals surface area contributed by atoms with Gasteiger partial charge < -0.3 is 9.88 Å². The number of amides is 1. The minimum atomic E-state index is -0.398. The summed E-state index contributed by atoms with van der Waals surface area (Å²) in [6.07, 6.45) is 1.57. The van der Waals surface area contributed by atoms with E-state index in [9.17, 15) is 9.59 Å². The number of H-pyrrole nitrogens is 1. The van der Waals surface area contributed by atoms with E-state index in [-0.39, 0.29) is 11.5 Å². The molecule has 29 heavy (non-hydrogen) atoms. The molecule has 1 amide bonds. The molecule has 0 saturated carbocycles. The topological polar surface area (TPSA) is 53.2 Å². The van der Waals surface area contributed by atoms with Crippen LogP contribution in [-0.4, -0.2) is 10.9 Å². The van der Waals surface area contributed by atoms with Gasteiger partial charge in [-0.1, -0.05) is 78.9 Å². The summed E-state index contributed by atoms with van der Waals surface area (Å²) in [4.78, 5) is 30.7. The Balaban J connectivity index is 1.83.